The molecule has 2 aromatic heterocycles. The fourth-order valence-electron chi connectivity index (χ4n) is 3.43. The molecule has 0 aromatic carbocycles. The number of carboxylic acid groups (broad SMARTS) is 1. The molecular formula is C18H22N11O5S3+. The van der Waals surface area contributed by atoms with E-state index < -0.39 is 29.2 Å². The lowest BCUT2D eigenvalue weighted by Gasteiger charge is -2.49. The number of carbonyl (C=O) groups excluding carboxylic acids is 2. The molecule has 4 heterocycles. The molecular weight excluding hydrogens is 546 g/mol. The summed E-state index contributed by atoms with van der Waals surface area (Å²) in [5.74, 6) is 3.99. The Balaban J connectivity index is 1.51. The summed E-state index contributed by atoms with van der Waals surface area (Å²) in [6, 6.07) is 0.398. The van der Waals surface area contributed by atoms with Gasteiger partial charge < -0.3 is 32.5 Å². The monoisotopic (exact) mass is 568 g/mol. The Labute approximate surface area is 221 Å². The van der Waals surface area contributed by atoms with Crippen molar-refractivity contribution in [3.63, 3.8) is 0 Å². The van der Waals surface area contributed by atoms with E-state index in [4.69, 9.17) is 27.9 Å². The number of carboxylic acids is 1. The van der Waals surface area contributed by atoms with Gasteiger partial charge in [0.05, 0.1) is 6.07 Å². The van der Waals surface area contributed by atoms with Crippen LogP contribution in [0.3, 0.4) is 0 Å². The second-order valence-corrected chi connectivity index (χ2v) is 10.3. The summed E-state index contributed by atoms with van der Waals surface area (Å²) in [4.78, 5) is 52.2. The SMILES string of the molecule is CCO/N=C(\C(=O)NC1C(=O)N2C(C(=O)O)=C(CSc3nc(N)cc(N)[n+]3N)CS[C@H]12)c1nsc(N)n1. The number of aromatic nitrogens is 4. The van der Waals surface area contributed by atoms with Crippen LogP contribution in [0.4, 0.5) is 16.8 Å². The fraction of sp³-hybridized carbons (Fsp3) is 0.333. The molecule has 1 saturated heterocycles. The average molecular weight is 569 g/mol. The molecule has 196 valence electrons. The molecule has 37 heavy (non-hydrogen) atoms. The molecule has 2 aliphatic heterocycles. The summed E-state index contributed by atoms with van der Waals surface area (Å²) in [6.45, 7) is 1.86. The number of thioether (sulfide) groups is 2. The number of β-lactam (4-membered cyclic amide) rings is 1. The summed E-state index contributed by atoms with van der Waals surface area (Å²) >= 11 is 3.29. The zero-order valence-corrected chi connectivity index (χ0v) is 21.6. The lowest BCUT2D eigenvalue weighted by atomic mass is 10.0. The van der Waals surface area contributed by atoms with Gasteiger partial charge in [0, 0.05) is 23.0 Å². The number of oxime groups is 1. The van der Waals surface area contributed by atoms with Crippen LogP contribution in [0.25, 0.3) is 0 Å². The third-order valence-electron chi connectivity index (χ3n) is 5.07. The van der Waals surface area contributed by atoms with Gasteiger partial charge in [-0.1, -0.05) is 10.1 Å². The van der Waals surface area contributed by atoms with Gasteiger partial charge in [-0.05, 0) is 24.3 Å². The molecule has 0 radical (unpaired) electrons. The number of nitrogens with one attached hydrogen (secondary N) is 1. The van der Waals surface area contributed by atoms with Gasteiger partial charge in [-0.2, -0.15) is 9.36 Å². The predicted molar refractivity (Wildman–Crippen MR) is 136 cm³/mol. The van der Waals surface area contributed by atoms with Gasteiger partial charge in [-0.3, -0.25) is 20.3 Å². The number of fused-ring (bicyclic) bond motifs is 1. The average Bonchev–Trinajstić information content (AvgIpc) is 3.28. The summed E-state index contributed by atoms with van der Waals surface area (Å²) in [7, 11) is 0. The molecule has 2 aromatic rings. The van der Waals surface area contributed by atoms with E-state index >= 15 is 0 Å². The Morgan fingerprint density at radius 2 is 2.14 bits per heavy atom. The molecule has 19 heteroatoms. The van der Waals surface area contributed by atoms with Crippen LogP contribution in [0, 0.1) is 0 Å². The van der Waals surface area contributed by atoms with Crippen molar-refractivity contribution in [2.45, 2.75) is 23.5 Å². The first kappa shape index (κ1) is 26.2. The van der Waals surface area contributed by atoms with Crippen LogP contribution in [0.1, 0.15) is 12.7 Å². The molecule has 10 N–H and O–H groups in total. The van der Waals surface area contributed by atoms with Gasteiger partial charge >= 0.3 is 11.1 Å². The molecule has 2 atom stereocenters. The van der Waals surface area contributed by atoms with Crippen molar-refractivity contribution >= 4 is 75.3 Å². The Morgan fingerprint density at radius 3 is 2.78 bits per heavy atom. The number of hydrogen-bond acceptors (Lipinski definition) is 15. The molecule has 0 aliphatic carbocycles. The molecule has 1 unspecified atom stereocenters. The Bertz CT molecular complexity index is 1330. The Hall–Kier alpha value is -3.84. The maximum Gasteiger partial charge on any atom is 0.352 e. The smallest absolute Gasteiger partial charge is 0.352 e. The van der Waals surface area contributed by atoms with Gasteiger partial charge in [-0.25, -0.2) is 4.79 Å². The van der Waals surface area contributed by atoms with Gasteiger partial charge in [0.1, 0.15) is 23.7 Å². The van der Waals surface area contributed by atoms with Crippen LogP contribution >= 0.6 is 35.1 Å². The van der Waals surface area contributed by atoms with Crippen LogP contribution in [-0.4, -0.2) is 77.4 Å². The van der Waals surface area contributed by atoms with Crippen LogP contribution < -0.4 is 33.0 Å². The van der Waals surface area contributed by atoms with E-state index in [9.17, 15) is 19.5 Å². The maximum absolute atomic E-state index is 13.0. The molecule has 1 fully saturated rings. The lowest BCUT2D eigenvalue weighted by molar-refractivity contribution is -0.667. The van der Waals surface area contributed by atoms with Crippen molar-refractivity contribution in [2.24, 2.45) is 5.16 Å². The quantitative estimate of drug-likeness (QED) is 0.0362. The van der Waals surface area contributed by atoms with Gasteiger partial charge in [0.15, 0.2) is 5.13 Å². The number of rotatable bonds is 9. The van der Waals surface area contributed by atoms with Gasteiger partial charge in [-0.15, -0.1) is 16.4 Å². The van der Waals surface area contributed by atoms with E-state index in [1.807, 2.05) is 0 Å². The number of anilines is 3. The minimum atomic E-state index is -1.28. The van der Waals surface area contributed by atoms with Gasteiger partial charge in [0.2, 0.25) is 23.2 Å². The van der Waals surface area contributed by atoms with Crippen molar-refractivity contribution in [1.29, 1.82) is 0 Å². The highest BCUT2D eigenvalue weighted by Crippen LogP contribution is 2.41. The number of hydrogen-bond donors (Lipinski definition) is 6. The molecule has 2 amide bonds. The Kier molecular flexibility index (Phi) is 7.55. The van der Waals surface area contributed by atoms with Crippen molar-refractivity contribution in [1.82, 2.24) is 24.6 Å². The van der Waals surface area contributed by atoms with Crippen LogP contribution in [0.15, 0.2) is 27.6 Å². The predicted octanol–water partition coefficient (Wildman–Crippen LogP) is -2.05. The summed E-state index contributed by atoms with van der Waals surface area (Å²) in [5, 5.41) is 16.0. The van der Waals surface area contributed by atoms with E-state index in [2.05, 4.69) is 24.8 Å². The van der Waals surface area contributed by atoms with Crippen molar-refractivity contribution in [2.75, 3.05) is 41.2 Å². The standard InChI is InChI=1S/C18H21N11O5S3/c1-2-34-26-9(12-25-17(21)37-27-12)13(30)24-10-14(31)28-11(16(32)33)6(4-35-15(10)28)5-36-18-23-7(19)3-8(20)29(18)22/h3,10,15H,2,4-5,22H2,1H3,(H7,19,20,21,24,25,27,30,32,33)/p+1/b26-9-/t10?,15-/m1/s1. The van der Waals surface area contributed by atoms with E-state index in [1.165, 1.54) is 17.8 Å². The topological polar surface area (TPSA) is 255 Å². The van der Waals surface area contributed by atoms with Crippen molar-refractivity contribution in [3.8, 4) is 0 Å². The first-order valence-corrected chi connectivity index (χ1v) is 13.3. The summed E-state index contributed by atoms with van der Waals surface area (Å²) in [5.41, 5.74) is 17.2. The second-order valence-electron chi connectivity index (χ2n) is 7.48. The summed E-state index contributed by atoms with van der Waals surface area (Å²) < 4.78 is 5.10. The highest BCUT2D eigenvalue weighted by molar-refractivity contribution is 8.01. The lowest BCUT2D eigenvalue weighted by Crippen LogP contribution is -2.71. The van der Waals surface area contributed by atoms with Crippen LogP contribution in [-0.2, 0) is 19.2 Å². The third kappa shape index (κ3) is 5.18. The number of nitrogens with two attached hydrogens (primary N) is 4. The van der Waals surface area contributed by atoms with Crippen molar-refractivity contribution < 1.29 is 29.0 Å². The number of amides is 2. The zero-order chi connectivity index (χ0) is 26.9. The maximum atomic E-state index is 13.0. The largest absolute Gasteiger partial charge is 0.477 e. The number of aliphatic carboxylic acids is 1. The first-order chi connectivity index (χ1) is 17.6. The fourth-order valence-corrected chi connectivity index (χ4v) is 6.30. The first-order valence-electron chi connectivity index (χ1n) is 10.5. The van der Waals surface area contributed by atoms with E-state index in [0.717, 1.165) is 32.9 Å². The van der Waals surface area contributed by atoms with E-state index in [-0.39, 0.29) is 57.3 Å². The van der Waals surface area contributed by atoms with Crippen molar-refractivity contribution in [3.05, 3.63) is 23.2 Å². The molecule has 16 nitrogen and oxygen atoms in total. The molecule has 0 spiro atoms. The number of nitrogen functional groups attached to an aromatic ring is 4. The minimum Gasteiger partial charge on any atom is -0.477 e. The minimum absolute atomic E-state index is 0.0493. The number of carbonyl (C=O) groups is 3. The highest BCUT2D eigenvalue weighted by Gasteiger charge is 2.54. The second kappa shape index (κ2) is 10.6. The molecule has 2 aliphatic rings. The van der Waals surface area contributed by atoms with Crippen LogP contribution in [0.5, 0.6) is 0 Å². The van der Waals surface area contributed by atoms with Crippen LogP contribution in [0.2, 0.25) is 0 Å². The highest BCUT2D eigenvalue weighted by atomic mass is 32.2. The Morgan fingerprint density at radius 1 is 1.38 bits per heavy atom. The third-order valence-corrected chi connectivity index (χ3v) is 7.99. The zero-order valence-electron chi connectivity index (χ0n) is 19.2. The normalized spacial score (nSPS) is 19.3. The molecule has 0 saturated carbocycles. The number of nitrogens with zero attached hydrogens (tertiary/aromatic N) is 6. The molecule has 0 bridgehead atoms. The molecule has 4 rings (SSSR count). The summed E-state index contributed by atoms with van der Waals surface area (Å²) in [6.07, 6.45) is 0. The van der Waals surface area contributed by atoms with E-state index in [1.54, 1.807) is 6.92 Å². The van der Waals surface area contributed by atoms with Gasteiger partial charge in [0.25, 0.3) is 11.8 Å². The van der Waals surface area contributed by atoms with E-state index in [0.29, 0.717) is 5.57 Å².